The molecule has 1 nitrogen and oxygen atoms in total. The van der Waals surface area contributed by atoms with Crippen molar-refractivity contribution in [3.8, 4) is 0 Å². The van der Waals surface area contributed by atoms with Gasteiger partial charge in [0, 0.05) is 6.54 Å². The summed E-state index contributed by atoms with van der Waals surface area (Å²) in [5, 5.41) is 0. The Morgan fingerprint density at radius 3 is 2.62 bits per heavy atom. The first kappa shape index (κ1) is 7.44. The normalized spacial score (nSPS) is 13.1. The number of nitrogens with two attached hydrogens (primary N) is 1. The van der Waals surface area contributed by atoms with Crippen LogP contribution < -0.4 is 5.73 Å². The van der Waals surface area contributed by atoms with Gasteiger partial charge in [-0.1, -0.05) is 23.8 Å². The third-order valence-corrected chi connectivity index (χ3v) is 0.869. The van der Waals surface area contributed by atoms with E-state index in [1.165, 1.54) is 5.57 Å². The van der Waals surface area contributed by atoms with Gasteiger partial charge in [0.15, 0.2) is 0 Å². The molecular formula is C7H13N. The fraction of sp³-hybridized carbons (Fsp3) is 0.429. The molecule has 0 aromatic carbocycles. The van der Waals surface area contributed by atoms with Gasteiger partial charge in [-0.05, 0) is 13.8 Å². The Kier molecular flexibility index (Phi) is 4.27. The summed E-state index contributed by atoms with van der Waals surface area (Å²) in [6, 6.07) is 0. The first-order valence-corrected chi connectivity index (χ1v) is 2.80. The molecule has 8 heavy (non-hydrogen) atoms. The molecule has 0 aliphatic heterocycles. The number of allylic oxidation sites excluding steroid dienone is 3. The van der Waals surface area contributed by atoms with Gasteiger partial charge in [0.2, 0.25) is 0 Å². The van der Waals surface area contributed by atoms with E-state index in [1.807, 2.05) is 32.1 Å². The van der Waals surface area contributed by atoms with Gasteiger partial charge in [-0.25, -0.2) is 0 Å². The van der Waals surface area contributed by atoms with E-state index in [0.29, 0.717) is 6.54 Å². The van der Waals surface area contributed by atoms with Crippen molar-refractivity contribution < 1.29 is 0 Å². The molecule has 0 spiro atoms. The lowest BCUT2D eigenvalue weighted by Gasteiger charge is -1.85. The second-order valence-corrected chi connectivity index (χ2v) is 1.68. The quantitative estimate of drug-likeness (QED) is 0.536. The lowest BCUT2D eigenvalue weighted by Crippen LogP contribution is -1.93. The maximum Gasteiger partial charge on any atom is 0.0112 e. The molecule has 0 amide bonds. The zero-order valence-electron chi connectivity index (χ0n) is 5.52. The molecule has 0 rings (SSSR count). The minimum atomic E-state index is 0.635. The van der Waals surface area contributed by atoms with Crippen LogP contribution in [0.2, 0.25) is 0 Å². The molecule has 0 aliphatic carbocycles. The summed E-state index contributed by atoms with van der Waals surface area (Å²) in [6.07, 6.45) is 6.02. The highest BCUT2D eigenvalue weighted by molar-refractivity contribution is 5.15. The van der Waals surface area contributed by atoms with Crippen LogP contribution in [0.5, 0.6) is 0 Å². The first-order valence-electron chi connectivity index (χ1n) is 2.80. The van der Waals surface area contributed by atoms with Crippen molar-refractivity contribution in [3.63, 3.8) is 0 Å². The smallest absolute Gasteiger partial charge is 0.0112 e. The average molecular weight is 111 g/mol. The van der Waals surface area contributed by atoms with Crippen molar-refractivity contribution in [2.24, 2.45) is 5.73 Å². The Morgan fingerprint density at radius 2 is 2.25 bits per heavy atom. The van der Waals surface area contributed by atoms with Crippen molar-refractivity contribution in [3.05, 3.63) is 23.8 Å². The maximum atomic E-state index is 5.25. The molecule has 0 aromatic heterocycles. The minimum absolute atomic E-state index is 0.635. The van der Waals surface area contributed by atoms with Gasteiger partial charge in [0.05, 0.1) is 0 Å². The fourth-order valence-corrected chi connectivity index (χ4v) is 0.517. The highest BCUT2D eigenvalue weighted by Crippen LogP contribution is 1.91. The molecule has 0 radical (unpaired) electrons. The summed E-state index contributed by atoms with van der Waals surface area (Å²) in [5.74, 6) is 0. The molecule has 2 N–H and O–H groups in total. The summed E-state index contributed by atoms with van der Waals surface area (Å²) < 4.78 is 0. The van der Waals surface area contributed by atoms with E-state index in [9.17, 15) is 0 Å². The first-order chi connectivity index (χ1) is 3.81. The predicted molar refractivity (Wildman–Crippen MR) is 37.6 cm³/mol. The van der Waals surface area contributed by atoms with E-state index in [-0.39, 0.29) is 0 Å². The third-order valence-electron chi connectivity index (χ3n) is 0.869. The second-order valence-electron chi connectivity index (χ2n) is 1.68. The van der Waals surface area contributed by atoms with Crippen LogP contribution in [-0.2, 0) is 0 Å². The molecule has 0 unspecified atom stereocenters. The van der Waals surface area contributed by atoms with Crippen LogP contribution in [0.4, 0.5) is 0 Å². The average Bonchev–Trinajstić information content (AvgIpc) is 1.68. The maximum absolute atomic E-state index is 5.25. The van der Waals surface area contributed by atoms with Crippen LogP contribution in [0.1, 0.15) is 13.8 Å². The van der Waals surface area contributed by atoms with E-state index in [0.717, 1.165) is 0 Å². The predicted octanol–water partition coefficient (Wildman–Crippen LogP) is 1.47. The fourth-order valence-electron chi connectivity index (χ4n) is 0.517. The Bertz CT molecular complexity index is 101. The molecule has 46 valence electrons. The SMILES string of the molecule is C/C=C\C(C)=C/CN. The molecule has 0 atom stereocenters. The van der Waals surface area contributed by atoms with Crippen molar-refractivity contribution in [1.82, 2.24) is 0 Å². The van der Waals surface area contributed by atoms with Gasteiger partial charge in [0.1, 0.15) is 0 Å². The van der Waals surface area contributed by atoms with Crippen molar-refractivity contribution >= 4 is 0 Å². The number of hydrogen-bond acceptors (Lipinski definition) is 1. The van der Waals surface area contributed by atoms with Crippen molar-refractivity contribution in [2.75, 3.05) is 6.54 Å². The summed E-state index contributed by atoms with van der Waals surface area (Å²) in [4.78, 5) is 0. The lowest BCUT2D eigenvalue weighted by molar-refractivity contribution is 1.23. The Labute approximate surface area is 50.9 Å². The van der Waals surface area contributed by atoms with Gasteiger partial charge < -0.3 is 5.73 Å². The lowest BCUT2D eigenvalue weighted by atomic mass is 10.2. The summed E-state index contributed by atoms with van der Waals surface area (Å²) in [5.41, 5.74) is 6.48. The van der Waals surface area contributed by atoms with Crippen LogP contribution >= 0.6 is 0 Å². The van der Waals surface area contributed by atoms with Crippen molar-refractivity contribution in [2.45, 2.75) is 13.8 Å². The van der Waals surface area contributed by atoms with Crippen molar-refractivity contribution in [1.29, 1.82) is 0 Å². The van der Waals surface area contributed by atoms with Gasteiger partial charge in [0.25, 0.3) is 0 Å². The monoisotopic (exact) mass is 111 g/mol. The largest absolute Gasteiger partial charge is 0.327 e. The van der Waals surface area contributed by atoms with Gasteiger partial charge in [-0.3, -0.25) is 0 Å². The van der Waals surface area contributed by atoms with Crippen LogP contribution in [0.25, 0.3) is 0 Å². The van der Waals surface area contributed by atoms with Gasteiger partial charge in [-0.2, -0.15) is 0 Å². The molecule has 1 heteroatoms. The van der Waals surface area contributed by atoms with Crippen LogP contribution in [0.15, 0.2) is 23.8 Å². The van der Waals surface area contributed by atoms with Crippen LogP contribution in [0.3, 0.4) is 0 Å². The molecule has 0 saturated heterocycles. The minimum Gasteiger partial charge on any atom is -0.327 e. The Hall–Kier alpha value is -0.560. The number of rotatable bonds is 2. The van der Waals surface area contributed by atoms with E-state index in [2.05, 4.69) is 0 Å². The van der Waals surface area contributed by atoms with Crippen LogP contribution in [0, 0.1) is 0 Å². The van der Waals surface area contributed by atoms with Gasteiger partial charge >= 0.3 is 0 Å². The van der Waals surface area contributed by atoms with Crippen LogP contribution in [-0.4, -0.2) is 6.54 Å². The topological polar surface area (TPSA) is 26.0 Å². The summed E-state index contributed by atoms with van der Waals surface area (Å²) in [7, 11) is 0. The molecule has 0 heterocycles. The molecule has 0 aromatic rings. The number of hydrogen-bond donors (Lipinski definition) is 1. The van der Waals surface area contributed by atoms with E-state index in [4.69, 9.17) is 5.73 Å². The van der Waals surface area contributed by atoms with E-state index >= 15 is 0 Å². The summed E-state index contributed by atoms with van der Waals surface area (Å²) in [6.45, 7) is 4.66. The highest BCUT2D eigenvalue weighted by atomic mass is 14.5. The molecule has 0 bridgehead atoms. The Morgan fingerprint density at radius 1 is 1.62 bits per heavy atom. The van der Waals surface area contributed by atoms with Gasteiger partial charge in [-0.15, -0.1) is 0 Å². The molecule has 0 aliphatic rings. The standard InChI is InChI=1S/C7H13N/c1-3-4-7(2)5-6-8/h3-5H,6,8H2,1-2H3/b4-3-,7-5-. The zero-order valence-corrected chi connectivity index (χ0v) is 5.52. The Balaban J connectivity index is 3.61. The molecular weight excluding hydrogens is 98.1 g/mol. The van der Waals surface area contributed by atoms with E-state index in [1.54, 1.807) is 0 Å². The zero-order chi connectivity index (χ0) is 6.41. The second kappa shape index (κ2) is 4.60. The summed E-state index contributed by atoms with van der Waals surface area (Å²) >= 11 is 0. The van der Waals surface area contributed by atoms with E-state index < -0.39 is 0 Å². The third kappa shape index (κ3) is 3.62. The highest BCUT2D eigenvalue weighted by Gasteiger charge is 1.74. The molecule has 0 fully saturated rings. The molecule has 0 saturated carbocycles.